The largest absolute Gasteiger partial charge is 0.480 e. The zero-order valence-electron chi connectivity index (χ0n) is 60.2. The van der Waals surface area contributed by atoms with Crippen molar-refractivity contribution in [1.29, 1.82) is 0 Å². The van der Waals surface area contributed by atoms with Crippen LogP contribution in [0.3, 0.4) is 0 Å². The molecule has 11 amide bonds. The summed E-state index contributed by atoms with van der Waals surface area (Å²) in [6.07, 6.45) is -5.91. The van der Waals surface area contributed by atoms with Crippen LogP contribution in [0, 0.1) is 17.8 Å². The zero-order chi connectivity index (χ0) is 77.0. The van der Waals surface area contributed by atoms with Gasteiger partial charge in [-0.2, -0.15) is 0 Å². The molecule has 0 unspecified atom stereocenters. The maximum atomic E-state index is 15.2. The van der Waals surface area contributed by atoms with Gasteiger partial charge in [0, 0.05) is 12.5 Å². The minimum absolute atomic E-state index is 0.0216. The highest BCUT2D eigenvalue weighted by Crippen LogP contribution is 2.44. The topological polar surface area (TPSA) is 466 Å². The summed E-state index contributed by atoms with van der Waals surface area (Å²) >= 11 is 0. The Morgan fingerprint density at radius 2 is 1.02 bits per heavy atom. The summed E-state index contributed by atoms with van der Waals surface area (Å²) in [6, 6.07) is 17.3. The number of carboxylic acid groups (broad SMARTS) is 1. The summed E-state index contributed by atoms with van der Waals surface area (Å²) in [5.41, 5.74) is 3.67. The van der Waals surface area contributed by atoms with E-state index in [-0.39, 0.29) is 63.3 Å². The fourth-order valence-electron chi connectivity index (χ4n) is 11.2. The Morgan fingerprint density at radius 1 is 0.500 bits per heavy atom. The number of carboxylic acids is 1. The van der Waals surface area contributed by atoms with Gasteiger partial charge in [0.1, 0.15) is 67.1 Å². The molecule has 5 rings (SSSR count). The molecule has 16 N–H and O–H groups in total. The lowest BCUT2D eigenvalue weighted by Crippen LogP contribution is -2.63. The van der Waals surface area contributed by atoms with Gasteiger partial charge in [-0.1, -0.05) is 157 Å². The van der Waals surface area contributed by atoms with Crippen LogP contribution < -0.4 is 58.5 Å². The molecule has 4 aromatic carbocycles. The number of nitrogens with one attached hydrogen (secondary N) is 11. The maximum Gasteiger partial charge on any atom is 0.408 e. The zero-order valence-corrected chi connectivity index (χ0v) is 60.2. The molecule has 0 aromatic heterocycles. The molecule has 568 valence electrons. The van der Waals surface area contributed by atoms with E-state index in [2.05, 4.69) is 53.2 Å². The van der Waals surface area contributed by atoms with Gasteiger partial charge in [0.05, 0.1) is 38.0 Å². The Morgan fingerprint density at radius 3 is 1.58 bits per heavy atom. The first-order valence-electron chi connectivity index (χ1n) is 34.6. The lowest BCUT2D eigenvalue weighted by atomic mass is 9.95. The SMILES string of the molecule is CC[C@H](C)[C@H](NC(=O)[C@@H](CCCCNC(=O)OCc1ccccc1)NC(=O)[C@H](CC(C)C)NC(=O)[C@@H](NC(=O)[C@@H](NC(=O)OCC1c2ccccc2-c2ccccc21)[C@H](NC(=O)OC(C)(C)C)c1ccccc1)[C@H](O)C(C)C)C(=O)N[C@H](C(=O)NCC(=O)N[C@@H](CO)C(=O)N[C@@H](CO)C(=O)O)[C@H](C)O. The molecule has 1 aliphatic carbocycles. The second-order valence-corrected chi connectivity index (χ2v) is 27.1. The fourth-order valence-corrected chi connectivity index (χ4v) is 11.2. The number of carbonyl (C=O) groups is 12. The number of carbonyl (C=O) groups excluding carboxylic acids is 11. The van der Waals surface area contributed by atoms with E-state index < -0.39 is 181 Å². The van der Waals surface area contributed by atoms with Crippen molar-refractivity contribution in [3.05, 3.63) is 131 Å². The average molecular weight is 1450 g/mol. The summed E-state index contributed by atoms with van der Waals surface area (Å²) < 4.78 is 16.9. The van der Waals surface area contributed by atoms with Crippen molar-refractivity contribution in [2.45, 2.75) is 186 Å². The van der Waals surface area contributed by atoms with Gasteiger partial charge in [0.15, 0.2) is 0 Å². The highest BCUT2D eigenvalue weighted by molar-refractivity contribution is 5.98. The minimum atomic E-state index is -1.90. The number of aliphatic hydroxyl groups excluding tert-OH is 4. The summed E-state index contributed by atoms with van der Waals surface area (Å²) in [6.45, 7) is 12.7. The summed E-state index contributed by atoms with van der Waals surface area (Å²) in [4.78, 5) is 165. The molecule has 0 saturated carbocycles. The third-order valence-electron chi connectivity index (χ3n) is 17.0. The molecule has 1 aliphatic rings. The van der Waals surface area contributed by atoms with E-state index >= 15 is 9.59 Å². The number of hydrogen-bond acceptors (Lipinski definition) is 19. The van der Waals surface area contributed by atoms with Gasteiger partial charge in [-0.15, -0.1) is 0 Å². The molecule has 0 saturated heterocycles. The molecular formula is C73H101N11O20. The summed E-state index contributed by atoms with van der Waals surface area (Å²) in [5, 5.41) is 78.1. The van der Waals surface area contributed by atoms with Crippen LogP contribution in [0.5, 0.6) is 0 Å². The minimum Gasteiger partial charge on any atom is -0.480 e. The molecule has 4 aromatic rings. The Hall–Kier alpha value is -10.2. The predicted octanol–water partition coefficient (Wildman–Crippen LogP) is 2.33. The van der Waals surface area contributed by atoms with Gasteiger partial charge in [-0.05, 0) is 105 Å². The molecule has 31 heteroatoms. The average Bonchev–Trinajstić information content (AvgIpc) is 1.61. The molecule has 104 heavy (non-hydrogen) atoms. The van der Waals surface area contributed by atoms with Gasteiger partial charge in [-0.25, -0.2) is 19.2 Å². The Balaban J connectivity index is 1.42. The molecule has 0 heterocycles. The number of ether oxygens (including phenoxy) is 3. The normalized spacial score (nSPS) is 15.2. The highest BCUT2D eigenvalue weighted by Gasteiger charge is 2.42. The lowest BCUT2D eigenvalue weighted by molar-refractivity contribution is -0.143. The fraction of sp³-hybridized carbons (Fsp3) is 0.507. The van der Waals surface area contributed by atoms with Crippen LogP contribution in [0.15, 0.2) is 109 Å². The van der Waals surface area contributed by atoms with Crippen LogP contribution in [0.1, 0.15) is 136 Å². The second-order valence-electron chi connectivity index (χ2n) is 27.1. The van der Waals surface area contributed by atoms with E-state index in [4.69, 9.17) is 14.2 Å². The van der Waals surface area contributed by atoms with E-state index in [1.165, 1.54) is 0 Å². The van der Waals surface area contributed by atoms with Crippen molar-refractivity contribution in [2.24, 2.45) is 17.8 Å². The van der Waals surface area contributed by atoms with Crippen LogP contribution in [-0.2, 0) is 64.0 Å². The van der Waals surface area contributed by atoms with E-state index in [1.807, 2.05) is 53.8 Å². The number of hydrogen-bond donors (Lipinski definition) is 16. The van der Waals surface area contributed by atoms with Crippen molar-refractivity contribution >= 4 is 71.5 Å². The first-order valence-corrected chi connectivity index (χ1v) is 34.6. The van der Waals surface area contributed by atoms with Crippen LogP contribution in [0.2, 0.25) is 0 Å². The predicted molar refractivity (Wildman–Crippen MR) is 379 cm³/mol. The van der Waals surface area contributed by atoms with Gasteiger partial charge in [0.2, 0.25) is 47.3 Å². The van der Waals surface area contributed by atoms with Crippen molar-refractivity contribution in [2.75, 3.05) is 32.9 Å². The highest BCUT2D eigenvalue weighted by atomic mass is 16.6. The van der Waals surface area contributed by atoms with Gasteiger partial charge in [-0.3, -0.25) is 38.4 Å². The van der Waals surface area contributed by atoms with Crippen molar-refractivity contribution < 1.29 is 97.3 Å². The van der Waals surface area contributed by atoms with E-state index in [9.17, 15) is 73.5 Å². The van der Waals surface area contributed by atoms with Crippen LogP contribution in [0.25, 0.3) is 11.1 Å². The molecule has 0 bridgehead atoms. The van der Waals surface area contributed by atoms with Crippen molar-refractivity contribution in [1.82, 2.24) is 58.5 Å². The number of fused-ring (bicyclic) bond motifs is 3. The van der Waals surface area contributed by atoms with Gasteiger partial charge < -0.3 is 98.2 Å². The van der Waals surface area contributed by atoms with Crippen molar-refractivity contribution in [3.63, 3.8) is 0 Å². The van der Waals surface area contributed by atoms with Crippen LogP contribution in [-0.4, -0.2) is 196 Å². The number of benzene rings is 4. The third-order valence-corrected chi connectivity index (χ3v) is 17.0. The number of alkyl carbamates (subject to hydrolysis) is 3. The summed E-state index contributed by atoms with van der Waals surface area (Å²) in [5.74, 6) is -12.4. The molecule has 0 aliphatic heterocycles. The molecule has 0 radical (unpaired) electrons. The lowest BCUT2D eigenvalue weighted by Gasteiger charge is -2.33. The maximum absolute atomic E-state index is 15.2. The Kier molecular flexibility index (Phi) is 33.4. The van der Waals surface area contributed by atoms with Crippen LogP contribution >= 0.6 is 0 Å². The Bertz CT molecular complexity index is 3510. The standard InChI is InChI=1S/C73H101N11O20/c1-11-42(6)56(66(94)81-57(43(7)87)65(93)75-35-55(88)76-53(36-85)64(92)79-54(37-86)69(97)98)80-62(90)51(32-22-23-33-74-70(99)102-38-44-24-14-12-15-25-44)77-63(91)52(34-40(2)3)78-68(96)60(61(89)41(4)5)82-67(95)59(58(45-26-16-13-17-27-45)83-72(101)104-73(8,9)10)84-71(100)103-39-50-48-30-20-18-28-46(48)47-29-19-21-31-49(47)50/h12-21,24-31,40-43,50-54,56-61,85-87,89H,11,22-23,32-39H2,1-10H3,(H,74,99)(H,75,93)(H,76,88)(H,77,91)(H,78,96)(H,79,92)(H,80,90)(H,81,94)(H,82,95)(H,83,101)(H,84,100)(H,97,98)/t42-,43-,51+,52-,53-,54-,56-,57-,58+,59-,60-,61+/m0/s1. The second kappa shape index (κ2) is 41.2. The van der Waals surface area contributed by atoms with Crippen molar-refractivity contribution in [3.8, 4) is 11.1 Å². The number of unbranched alkanes of at least 4 members (excludes halogenated alkanes) is 1. The molecule has 0 spiro atoms. The van der Waals surface area contributed by atoms with E-state index in [0.717, 1.165) is 34.7 Å². The molecule has 12 atom stereocenters. The van der Waals surface area contributed by atoms with Gasteiger partial charge >= 0.3 is 24.2 Å². The quantitative estimate of drug-likeness (QED) is 0.0225. The van der Waals surface area contributed by atoms with E-state index in [1.54, 1.807) is 123 Å². The molecule has 0 fully saturated rings. The number of aliphatic hydroxyl groups is 4. The smallest absolute Gasteiger partial charge is 0.408 e. The molecule has 31 nitrogen and oxygen atoms in total. The van der Waals surface area contributed by atoms with Gasteiger partial charge in [0.25, 0.3) is 0 Å². The Labute approximate surface area is 604 Å². The number of rotatable bonds is 39. The third kappa shape index (κ3) is 26.2. The number of aliphatic carboxylic acids is 1. The monoisotopic (exact) mass is 1450 g/mol. The summed E-state index contributed by atoms with van der Waals surface area (Å²) in [7, 11) is 0. The van der Waals surface area contributed by atoms with Crippen LogP contribution in [0.4, 0.5) is 14.4 Å². The van der Waals surface area contributed by atoms with E-state index in [0.29, 0.717) is 0 Å². The molecular weight excluding hydrogens is 1350 g/mol. The number of amides is 11. The first-order chi connectivity index (χ1) is 49.3. The first kappa shape index (κ1) is 84.4.